The van der Waals surface area contributed by atoms with Crippen molar-refractivity contribution in [2.24, 2.45) is 5.92 Å². The molecule has 1 aromatic rings. The minimum absolute atomic E-state index is 0.820. The quantitative estimate of drug-likeness (QED) is 0.761. The molecule has 106 valence electrons. The molecule has 1 heterocycles. The van der Waals surface area contributed by atoms with Crippen LogP contribution in [0.2, 0.25) is 5.02 Å². The van der Waals surface area contributed by atoms with Crippen molar-refractivity contribution in [1.82, 2.24) is 4.90 Å². The Morgan fingerprint density at radius 1 is 1.32 bits per heavy atom. The molecule has 0 N–H and O–H groups in total. The van der Waals surface area contributed by atoms with E-state index in [1.165, 1.54) is 30.6 Å². The van der Waals surface area contributed by atoms with Gasteiger partial charge in [-0.2, -0.15) is 0 Å². The first kappa shape index (κ1) is 15.1. The minimum atomic E-state index is 0.820. The molecule has 0 aliphatic carbocycles. The molecular formula is C15H22BrClN2. The molecule has 0 amide bonds. The van der Waals surface area contributed by atoms with Gasteiger partial charge in [0.2, 0.25) is 0 Å². The molecule has 0 aromatic heterocycles. The second-order valence-electron chi connectivity index (χ2n) is 5.60. The van der Waals surface area contributed by atoms with Crippen LogP contribution in [-0.2, 0) is 5.33 Å². The third-order valence-electron chi connectivity index (χ3n) is 3.76. The largest absolute Gasteiger partial charge is 0.371 e. The third kappa shape index (κ3) is 4.11. The molecule has 1 saturated heterocycles. The molecule has 0 saturated carbocycles. The summed E-state index contributed by atoms with van der Waals surface area (Å²) in [4.78, 5) is 4.80. The van der Waals surface area contributed by atoms with E-state index in [-0.39, 0.29) is 0 Å². The Balaban J connectivity index is 2.01. The van der Waals surface area contributed by atoms with E-state index in [1.807, 2.05) is 6.07 Å². The second kappa shape index (κ2) is 6.96. The fraction of sp³-hybridized carbons (Fsp3) is 0.600. The first-order chi connectivity index (χ1) is 9.10. The Morgan fingerprint density at radius 3 is 2.58 bits per heavy atom. The highest BCUT2D eigenvalue weighted by atomic mass is 79.9. The van der Waals surface area contributed by atoms with Crippen molar-refractivity contribution in [3.63, 3.8) is 0 Å². The van der Waals surface area contributed by atoms with Crippen molar-refractivity contribution in [2.75, 3.05) is 38.6 Å². The molecule has 0 radical (unpaired) electrons. The fourth-order valence-electron chi connectivity index (χ4n) is 2.84. The fourth-order valence-corrected chi connectivity index (χ4v) is 3.49. The maximum Gasteiger partial charge on any atom is 0.0410 e. The predicted molar refractivity (Wildman–Crippen MR) is 87.6 cm³/mol. The van der Waals surface area contributed by atoms with Gasteiger partial charge < -0.3 is 9.80 Å². The number of nitrogens with zero attached hydrogens (tertiary/aromatic N) is 2. The number of hydrogen-bond acceptors (Lipinski definition) is 2. The minimum Gasteiger partial charge on any atom is -0.371 e. The zero-order chi connectivity index (χ0) is 13.8. The highest BCUT2D eigenvalue weighted by Crippen LogP contribution is 2.30. The molecule has 0 bridgehead atoms. The van der Waals surface area contributed by atoms with Crippen LogP contribution in [0.25, 0.3) is 0 Å². The van der Waals surface area contributed by atoms with Gasteiger partial charge in [0, 0.05) is 35.7 Å². The summed E-state index contributed by atoms with van der Waals surface area (Å²) in [6, 6.07) is 6.22. The molecule has 0 spiro atoms. The molecule has 2 nitrogen and oxygen atoms in total. The lowest BCUT2D eigenvalue weighted by molar-refractivity contribution is 0.285. The van der Waals surface area contributed by atoms with Crippen LogP contribution in [0, 0.1) is 5.92 Å². The van der Waals surface area contributed by atoms with E-state index in [0.29, 0.717) is 0 Å². The third-order valence-corrected chi connectivity index (χ3v) is 4.60. The first-order valence-corrected chi connectivity index (χ1v) is 8.34. The Kier molecular flexibility index (Phi) is 5.55. The smallest absolute Gasteiger partial charge is 0.0410 e. The van der Waals surface area contributed by atoms with Crippen molar-refractivity contribution >= 4 is 33.2 Å². The average molecular weight is 346 g/mol. The van der Waals surface area contributed by atoms with Crippen LogP contribution in [-0.4, -0.2) is 38.6 Å². The van der Waals surface area contributed by atoms with Gasteiger partial charge in [-0.05, 0) is 56.6 Å². The molecule has 0 unspecified atom stereocenters. The van der Waals surface area contributed by atoms with Gasteiger partial charge in [0.25, 0.3) is 0 Å². The lowest BCUT2D eigenvalue weighted by Gasteiger charge is -2.35. The van der Waals surface area contributed by atoms with E-state index >= 15 is 0 Å². The summed E-state index contributed by atoms with van der Waals surface area (Å²) in [5.41, 5.74) is 2.63. The second-order valence-corrected chi connectivity index (χ2v) is 6.60. The standard InChI is InChI=1S/C15H22BrClN2/c1-18(2)11-12-5-7-19(8-6-12)15-4-3-14(17)9-13(15)10-16/h3-4,9,12H,5-8,10-11H2,1-2H3. The maximum atomic E-state index is 6.07. The van der Waals surface area contributed by atoms with E-state index in [0.717, 1.165) is 29.4 Å². The van der Waals surface area contributed by atoms with Crippen LogP contribution in [0.1, 0.15) is 18.4 Å². The maximum absolute atomic E-state index is 6.07. The molecule has 0 atom stereocenters. The van der Waals surface area contributed by atoms with Crippen molar-refractivity contribution in [3.05, 3.63) is 28.8 Å². The van der Waals surface area contributed by atoms with Crippen LogP contribution >= 0.6 is 27.5 Å². The van der Waals surface area contributed by atoms with Crippen LogP contribution in [0.5, 0.6) is 0 Å². The lowest BCUT2D eigenvalue weighted by Crippen LogP contribution is -2.37. The van der Waals surface area contributed by atoms with Gasteiger partial charge in [0.05, 0.1) is 0 Å². The van der Waals surface area contributed by atoms with Gasteiger partial charge in [0.1, 0.15) is 0 Å². The molecule has 1 aliphatic rings. The number of anilines is 1. The van der Waals surface area contributed by atoms with Crippen molar-refractivity contribution in [2.45, 2.75) is 18.2 Å². The van der Waals surface area contributed by atoms with Gasteiger partial charge in [-0.15, -0.1) is 0 Å². The number of hydrogen-bond donors (Lipinski definition) is 0. The zero-order valence-corrected chi connectivity index (χ0v) is 14.0. The summed E-state index contributed by atoms with van der Waals surface area (Å²) in [6.07, 6.45) is 2.56. The van der Waals surface area contributed by atoms with Gasteiger partial charge >= 0.3 is 0 Å². The summed E-state index contributed by atoms with van der Waals surface area (Å²) in [7, 11) is 4.32. The van der Waals surface area contributed by atoms with Gasteiger partial charge in [-0.3, -0.25) is 0 Å². The number of rotatable bonds is 4. The summed E-state index contributed by atoms with van der Waals surface area (Å²) in [6.45, 7) is 3.51. The monoisotopic (exact) mass is 344 g/mol. The van der Waals surface area contributed by atoms with Crippen molar-refractivity contribution < 1.29 is 0 Å². The van der Waals surface area contributed by atoms with E-state index in [9.17, 15) is 0 Å². The average Bonchev–Trinajstić information content (AvgIpc) is 2.39. The summed E-state index contributed by atoms with van der Waals surface area (Å²) in [5.74, 6) is 0.839. The SMILES string of the molecule is CN(C)CC1CCN(c2ccc(Cl)cc2CBr)CC1. The van der Waals surface area contributed by atoms with Gasteiger partial charge in [0.15, 0.2) is 0 Å². The van der Waals surface area contributed by atoms with Crippen LogP contribution < -0.4 is 4.90 Å². The first-order valence-electron chi connectivity index (χ1n) is 6.84. The number of halogens is 2. The topological polar surface area (TPSA) is 6.48 Å². The molecule has 19 heavy (non-hydrogen) atoms. The van der Waals surface area contributed by atoms with Crippen molar-refractivity contribution in [1.29, 1.82) is 0 Å². The van der Waals surface area contributed by atoms with E-state index in [1.54, 1.807) is 0 Å². The predicted octanol–water partition coefficient (Wildman–Crippen LogP) is 4.01. The Hall–Kier alpha value is -0.250. The molecule has 4 heteroatoms. The van der Waals surface area contributed by atoms with Crippen molar-refractivity contribution in [3.8, 4) is 0 Å². The van der Waals surface area contributed by atoms with E-state index in [4.69, 9.17) is 11.6 Å². The molecule has 2 rings (SSSR count). The Morgan fingerprint density at radius 2 is 2.00 bits per heavy atom. The van der Waals surface area contributed by atoms with Gasteiger partial charge in [-0.1, -0.05) is 27.5 Å². The van der Waals surface area contributed by atoms with E-state index in [2.05, 4.69) is 52.0 Å². The normalized spacial score (nSPS) is 17.2. The Bertz CT molecular complexity index is 415. The highest BCUT2D eigenvalue weighted by molar-refractivity contribution is 9.08. The number of piperidine rings is 1. The molecule has 1 aliphatic heterocycles. The summed E-state index contributed by atoms with van der Waals surface area (Å²) >= 11 is 9.63. The van der Waals surface area contributed by atoms with Crippen LogP contribution in [0.15, 0.2) is 18.2 Å². The molecule has 1 fully saturated rings. The van der Waals surface area contributed by atoms with Crippen LogP contribution in [0.4, 0.5) is 5.69 Å². The van der Waals surface area contributed by atoms with E-state index < -0.39 is 0 Å². The molecule has 1 aromatic carbocycles. The zero-order valence-electron chi connectivity index (χ0n) is 11.7. The summed E-state index contributed by atoms with van der Waals surface area (Å²) in [5, 5.41) is 1.68. The van der Waals surface area contributed by atoms with Gasteiger partial charge in [-0.25, -0.2) is 0 Å². The summed E-state index contributed by atoms with van der Waals surface area (Å²) < 4.78 is 0. The number of benzene rings is 1. The van der Waals surface area contributed by atoms with Crippen LogP contribution in [0.3, 0.4) is 0 Å². The number of alkyl halides is 1. The Labute approximate surface area is 129 Å². The molecular weight excluding hydrogens is 324 g/mol. The lowest BCUT2D eigenvalue weighted by atomic mass is 9.95. The highest BCUT2D eigenvalue weighted by Gasteiger charge is 2.21.